The van der Waals surface area contributed by atoms with Crippen molar-refractivity contribution in [3.63, 3.8) is 0 Å². The van der Waals surface area contributed by atoms with E-state index in [1.165, 1.54) is 18.4 Å². The number of hydrogen-bond donors (Lipinski definition) is 1. The third kappa shape index (κ3) is 4.40. The molecule has 26 heavy (non-hydrogen) atoms. The van der Waals surface area contributed by atoms with Crippen LogP contribution in [0.4, 0.5) is 4.79 Å². The van der Waals surface area contributed by atoms with Gasteiger partial charge in [-0.1, -0.05) is 12.9 Å². The summed E-state index contributed by atoms with van der Waals surface area (Å²) in [4.78, 5) is 17.6. The molecule has 1 amide bonds. The summed E-state index contributed by atoms with van der Waals surface area (Å²) in [6, 6.07) is 2.01. The van der Waals surface area contributed by atoms with Gasteiger partial charge in [-0.2, -0.15) is 11.3 Å². The van der Waals surface area contributed by atoms with E-state index in [0.717, 1.165) is 19.5 Å². The highest BCUT2D eigenvalue weighted by Crippen LogP contribution is 2.36. The van der Waals surface area contributed by atoms with Gasteiger partial charge in [0.1, 0.15) is 11.1 Å². The minimum absolute atomic E-state index is 0.0390. The predicted molar refractivity (Wildman–Crippen MR) is 106 cm³/mol. The standard InChI is InChI=1S/C16H25BN3O4S2/c1-10-8-11(17-6)25-12(10)16(5)9-26(22,23)20(7)13(19-16)18-14(21)24-15(2,3)4/h8H,9H2,1-7H3,(H,18,19,21)/t16-/m0/s1. The van der Waals surface area contributed by atoms with Crippen molar-refractivity contribution in [1.82, 2.24) is 9.62 Å². The Kier molecular flexibility index (Phi) is 5.50. The van der Waals surface area contributed by atoms with Gasteiger partial charge in [-0.25, -0.2) is 22.5 Å². The first-order valence-corrected chi connectivity index (χ1v) is 10.7. The molecule has 0 aromatic carbocycles. The first kappa shape index (κ1) is 20.8. The fraction of sp³-hybridized carbons (Fsp3) is 0.625. The van der Waals surface area contributed by atoms with Gasteiger partial charge < -0.3 is 4.74 Å². The van der Waals surface area contributed by atoms with Crippen molar-refractivity contribution in [2.75, 3.05) is 12.8 Å². The lowest BCUT2D eigenvalue weighted by atomic mass is 9.80. The van der Waals surface area contributed by atoms with Crippen molar-refractivity contribution in [2.45, 2.75) is 52.6 Å². The molecule has 1 aromatic rings. The van der Waals surface area contributed by atoms with Crippen molar-refractivity contribution >= 4 is 45.5 Å². The second kappa shape index (κ2) is 6.88. The summed E-state index contributed by atoms with van der Waals surface area (Å²) in [6.07, 6.45) is -0.743. The molecule has 1 aliphatic heterocycles. The monoisotopic (exact) mass is 398 g/mol. The highest BCUT2D eigenvalue weighted by atomic mass is 32.2. The molecule has 2 heterocycles. The Morgan fingerprint density at radius 2 is 2.08 bits per heavy atom. The Hall–Kier alpha value is -1.55. The lowest BCUT2D eigenvalue weighted by molar-refractivity contribution is 0.0559. The molecule has 0 bridgehead atoms. The summed E-state index contributed by atoms with van der Waals surface area (Å²) in [5.41, 5.74) is -0.701. The maximum Gasteiger partial charge on any atom is 0.414 e. The fourth-order valence-corrected chi connectivity index (χ4v) is 5.42. The number of carbonyl (C=O) groups is 1. The molecule has 0 saturated carbocycles. The average molecular weight is 398 g/mol. The maximum absolute atomic E-state index is 12.7. The molecule has 0 saturated heterocycles. The van der Waals surface area contributed by atoms with Crippen LogP contribution in [0, 0.1) is 6.92 Å². The van der Waals surface area contributed by atoms with Crippen LogP contribution in [0.5, 0.6) is 0 Å². The zero-order valence-corrected chi connectivity index (χ0v) is 17.8. The molecule has 1 atom stereocenters. The Morgan fingerprint density at radius 1 is 1.46 bits per heavy atom. The highest BCUT2D eigenvalue weighted by molar-refractivity contribution is 7.89. The smallest absolute Gasteiger partial charge is 0.414 e. The molecule has 7 nitrogen and oxygen atoms in total. The van der Waals surface area contributed by atoms with Gasteiger partial charge in [0.15, 0.2) is 7.28 Å². The number of aliphatic imine (C=N–C) groups is 1. The summed E-state index contributed by atoms with van der Waals surface area (Å²) < 4.78 is 32.6. The number of ether oxygens (including phenoxy) is 1. The maximum atomic E-state index is 12.7. The van der Waals surface area contributed by atoms with Gasteiger partial charge in [0.2, 0.25) is 16.0 Å². The molecule has 2 rings (SSSR count). The summed E-state index contributed by atoms with van der Waals surface area (Å²) in [6.45, 7) is 10.8. The number of sulfonamides is 1. The number of aryl methyl sites for hydroxylation is 1. The molecule has 0 spiro atoms. The van der Waals surface area contributed by atoms with Crippen molar-refractivity contribution in [2.24, 2.45) is 4.99 Å². The van der Waals surface area contributed by atoms with Gasteiger partial charge in [-0.05, 0) is 45.0 Å². The summed E-state index contributed by atoms with van der Waals surface area (Å²) in [5, 5.41) is 2.48. The number of carbonyl (C=O) groups excluding carboxylic acids is 1. The molecule has 10 heteroatoms. The van der Waals surface area contributed by atoms with Crippen LogP contribution in [0.1, 0.15) is 38.1 Å². The third-order valence-electron chi connectivity index (χ3n) is 3.85. The molecule has 1 aromatic heterocycles. The van der Waals surface area contributed by atoms with E-state index in [1.54, 1.807) is 27.7 Å². The normalized spacial score (nSPS) is 22.6. The van der Waals surface area contributed by atoms with Gasteiger partial charge in [-0.3, -0.25) is 5.32 Å². The molecule has 143 valence electrons. The molecule has 0 fully saturated rings. The van der Waals surface area contributed by atoms with Crippen LogP contribution < -0.4 is 10.1 Å². The van der Waals surface area contributed by atoms with Crippen LogP contribution in [0.2, 0.25) is 6.82 Å². The number of alkyl carbamates (subject to hydrolysis) is 1. The Morgan fingerprint density at radius 3 is 2.58 bits per heavy atom. The van der Waals surface area contributed by atoms with E-state index in [0.29, 0.717) is 0 Å². The van der Waals surface area contributed by atoms with Gasteiger partial charge in [0.05, 0.1) is 5.75 Å². The molecule has 1 radical (unpaired) electrons. The minimum Gasteiger partial charge on any atom is -0.444 e. The zero-order valence-electron chi connectivity index (χ0n) is 16.2. The van der Waals surface area contributed by atoms with E-state index in [4.69, 9.17) is 4.74 Å². The van der Waals surface area contributed by atoms with E-state index in [2.05, 4.69) is 10.3 Å². The first-order valence-electron chi connectivity index (χ1n) is 8.24. The highest BCUT2D eigenvalue weighted by Gasteiger charge is 2.43. The molecular weight excluding hydrogens is 373 g/mol. The Balaban J connectivity index is 2.45. The summed E-state index contributed by atoms with van der Waals surface area (Å²) in [5.74, 6) is -0.205. The molecular formula is C16H25BN3O4S2. The quantitative estimate of drug-likeness (QED) is 0.770. The van der Waals surface area contributed by atoms with Crippen molar-refractivity contribution in [3.05, 3.63) is 16.5 Å². The molecule has 1 N–H and O–H groups in total. The minimum atomic E-state index is -3.64. The number of nitrogens with zero attached hydrogens (tertiary/aromatic N) is 2. The van der Waals surface area contributed by atoms with E-state index in [9.17, 15) is 13.2 Å². The van der Waals surface area contributed by atoms with Crippen LogP contribution in [-0.2, 0) is 20.3 Å². The Labute approximate surface area is 160 Å². The van der Waals surface area contributed by atoms with Crippen molar-refractivity contribution in [3.8, 4) is 0 Å². The van der Waals surface area contributed by atoms with Crippen LogP contribution in [0.3, 0.4) is 0 Å². The second-order valence-electron chi connectivity index (χ2n) is 7.51. The lowest BCUT2D eigenvalue weighted by Gasteiger charge is -2.35. The van der Waals surface area contributed by atoms with Crippen LogP contribution >= 0.6 is 11.3 Å². The van der Waals surface area contributed by atoms with Crippen molar-refractivity contribution < 1.29 is 17.9 Å². The fourth-order valence-electron chi connectivity index (χ4n) is 2.72. The van der Waals surface area contributed by atoms with Gasteiger partial charge in [-0.15, -0.1) is 0 Å². The lowest BCUT2D eigenvalue weighted by Crippen LogP contribution is -2.54. The number of nitrogens with one attached hydrogen (secondary N) is 1. The van der Waals surface area contributed by atoms with Gasteiger partial charge in [0.25, 0.3) is 0 Å². The summed E-state index contributed by atoms with van der Waals surface area (Å²) >= 11 is 1.51. The Bertz CT molecular complexity index is 842. The number of hydrogen-bond acceptors (Lipinski definition) is 6. The van der Waals surface area contributed by atoms with E-state index < -0.39 is 27.3 Å². The van der Waals surface area contributed by atoms with Gasteiger partial charge in [0, 0.05) is 11.9 Å². The van der Waals surface area contributed by atoms with Crippen LogP contribution in [0.15, 0.2) is 11.1 Å². The van der Waals surface area contributed by atoms with E-state index in [-0.39, 0.29) is 11.7 Å². The zero-order chi connectivity index (χ0) is 19.9. The van der Waals surface area contributed by atoms with Gasteiger partial charge >= 0.3 is 6.09 Å². The van der Waals surface area contributed by atoms with Crippen LogP contribution in [-0.4, -0.2) is 50.5 Å². The van der Waals surface area contributed by atoms with Crippen molar-refractivity contribution in [1.29, 1.82) is 0 Å². The number of guanidine groups is 1. The first-order chi connectivity index (χ1) is 11.8. The molecule has 0 unspecified atom stereocenters. The van der Waals surface area contributed by atoms with E-state index in [1.807, 2.05) is 27.1 Å². The summed E-state index contributed by atoms with van der Waals surface area (Å²) in [7, 11) is -0.299. The third-order valence-corrected chi connectivity index (χ3v) is 7.34. The molecule has 0 aliphatic carbocycles. The topological polar surface area (TPSA) is 88.1 Å². The van der Waals surface area contributed by atoms with Crippen LogP contribution in [0.25, 0.3) is 0 Å². The number of amides is 1. The number of rotatable bonds is 2. The largest absolute Gasteiger partial charge is 0.444 e. The SMILES string of the molecule is C[B]c1cc(C)c([C@]2(C)CS(=O)(=O)N(C)C(NC(=O)OC(C)(C)C)=N2)s1. The average Bonchev–Trinajstić information content (AvgIpc) is 2.84. The number of thiophene rings is 1. The second-order valence-corrected chi connectivity index (χ2v) is 10.6. The predicted octanol–water partition coefficient (Wildman–Crippen LogP) is 1.81. The molecule has 1 aliphatic rings. The van der Waals surface area contributed by atoms with E-state index >= 15 is 0 Å².